The van der Waals surface area contributed by atoms with Crippen molar-refractivity contribution in [1.82, 2.24) is 0 Å². The lowest BCUT2D eigenvalue weighted by Crippen LogP contribution is -2.08. The first-order valence-electron chi connectivity index (χ1n) is 5.39. The molecule has 2 nitrogen and oxygen atoms in total. The van der Waals surface area contributed by atoms with Crippen molar-refractivity contribution in [3.8, 4) is 11.5 Å². The monoisotopic (exact) mass is 377 g/mol. The van der Waals surface area contributed by atoms with Gasteiger partial charge < -0.3 is 10.1 Å². The number of hydrogen-bond donors (Lipinski definition) is 1. The highest BCUT2D eigenvalue weighted by Gasteiger charge is 2.32. The van der Waals surface area contributed by atoms with Gasteiger partial charge in [0.05, 0.1) is 16.9 Å². The molecule has 0 aromatic heterocycles. The third kappa shape index (κ3) is 2.36. The third-order valence-electron chi connectivity index (χ3n) is 2.74. The van der Waals surface area contributed by atoms with E-state index in [2.05, 4.69) is 27.9 Å². The Morgan fingerprint density at radius 3 is 2.47 bits per heavy atom. The van der Waals surface area contributed by atoms with Gasteiger partial charge in [0.15, 0.2) is 11.5 Å². The summed E-state index contributed by atoms with van der Waals surface area (Å²) in [6.45, 7) is 0. The fourth-order valence-corrected chi connectivity index (χ4v) is 2.33. The molecule has 6 heteroatoms. The lowest BCUT2D eigenvalue weighted by atomic mass is 10.1. The van der Waals surface area contributed by atoms with E-state index in [4.69, 9.17) is 4.74 Å². The maximum atomic E-state index is 12.6. The van der Waals surface area contributed by atoms with Crippen molar-refractivity contribution in [2.24, 2.45) is 0 Å². The quantitative estimate of drug-likeness (QED) is 0.547. The number of halogens is 4. The predicted molar refractivity (Wildman–Crippen MR) is 74.0 cm³/mol. The number of benzene rings is 2. The lowest BCUT2D eigenvalue weighted by molar-refractivity contribution is -0.137. The number of rotatable bonds is 0. The standard InChI is InChI=1S/C13H7F3INO/c14-13(15,16)7-1-3-9-12(5-7)19-11-4-2-8(17)6-10(11)18-9/h1-6,18H. The first-order valence-corrected chi connectivity index (χ1v) is 6.47. The molecule has 3 rings (SSSR count). The second-order valence-electron chi connectivity index (χ2n) is 4.08. The predicted octanol–water partition coefficient (Wildman–Crippen LogP) is 5.16. The summed E-state index contributed by atoms with van der Waals surface area (Å²) in [5, 5.41) is 3.06. The second kappa shape index (κ2) is 4.29. The molecule has 1 aliphatic heterocycles. The SMILES string of the molecule is FC(F)(F)c1ccc2c(c1)Oc1ccc(I)cc1N2. The Kier molecular flexibility index (Phi) is 2.84. The van der Waals surface area contributed by atoms with Gasteiger partial charge in [-0.3, -0.25) is 0 Å². The van der Waals surface area contributed by atoms with E-state index in [1.165, 1.54) is 6.07 Å². The molecule has 0 saturated heterocycles. The van der Waals surface area contributed by atoms with Crippen LogP contribution in [0.4, 0.5) is 24.5 Å². The largest absolute Gasteiger partial charge is 0.453 e. The minimum atomic E-state index is -4.37. The second-order valence-corrected chi connectivity index (χ2v) is 5.32. The van der Waals surface area contributed by atoms with E-state index in [0.29, 0.717) is 11.4 Å². The van der Waals surface area contributed by atoms with Crippen molar-refractivity contribution < 1.29 is 17.9 Å². The number of anilines is 2. The molecule has 0 amide bonds. The lowest BCUT2D eigenvalue weighted by Gasteiger charge is -2.22. The van der Waals surface area contributed by atoms with Crippen LogP contribution in [0.25, 0.3) is 0 Å². The van der Waals surface area contributed by atoms with Crippen molar-refractivity contribution in [1.29, 1.82) is 0 Å². The van der Waals surface area contributed by atoms with E-state index < -0.39 is 11.7 Å². The summed E-state index contributed by atoms with van der Waals surface area (Å²) in [6, 6.07) is 8.85. The molecule has 1 aliphatic rings. The van der Waals surface area contributed by atoms with E-state index in [-0.39, 0.29) is 5.75 Å². The van der Waals surface area contributed by atoms with Gasteiger partial charge in [0.2, 0.25) is 0 Å². The van der Waals surface area contributed by atoms with Crippen LogP contribution in [0.2, 0.25) is 0 Å². The van der Waals surface area contributed by atoms with Crippen molar-refractivity contribution >= 4 is 34.0 Å². The maximum Gasteiger partial charge on any atom is 0.416 e. The van der Waals surface area contributed by atoms with Gasteiger partial charge in [0, 0.05) is 3.57 Å². The number of ether oxygens (including phenoxy) is 1. The highest BCUT2D eigenvalue weighted by atomic mass is 127. The minimum Gasteiger partial charge on any atom is -0.453 e. The van der Waals surface area contributed by atoms with Crippen LogP contribution in [0.3, 0.4) is 0 Å². The Hall–Kier alpha value is -1.44. The molecule has 0 saturated carbocycles. The first-order chi connectivity index (χ1) is 8.93. The Labute approximate surface area is 120 Å². The van der Waals surface area contributed by atoms with Gasteiger partial charge in [-0.2, -0.15) is 13.2 Å². The van der Waals surface area contributed by atoms with Gasteiger partial charge in [-0.05, 0) is 59.0 Å². The molecule has 2 aromatic carbocycles. The molecule has 0 radical (unpaired) electrons. The fourth-order valence-electron chi connectivity index (χ4n) is 1.84. The molecular weight excluding hydrogens is 370 g/mol. The van der Waals surface area contributed by atoms with E-state index in [9.17, 15) is 13.2 Å². The van der Waals surface area contributed by atoms with Crippen LogP contribution in [0.5, 0.6) is 11.5 Å². The molecule has 0 bridgehead atoms. The Morgan fingerprint density at radius 2 is 1.74 bits per heavy atom. The highest BCUT2D eigenvalue weighted by Crippen LogP contribution is 2.44. The summed E-state index contributed by atoms with van der Waals surface area (Å²) in [7, 11) is 0. The highest BCUT2D eigenvalue weighted by molar-refractivity contribution is 14.1. The first kappa shape index (κ1) is 12.6. The molecule has 1 heterocycles. The van der Waals surface area contributed by atoms with Gasteiger partial charge in [0.25, 0.3) is 0 Å². The van der Waals surface area contributed by atoms with Crippen LogP contribution >= 0.6 is 22.6 Å². The average molecular weight is 377 g/mol. The third-order valence-corrected chi connectivity index (χ3v) is 3.41. The summed E-state index contributed by atoms with van der Waals surface area (Å²) in [5.41, 5.74) is 0.559. The average Bonchev–Trinajstić information content (AvgIpc) is 2.34. The van der Waals surface area contributed by atoms with Crippen molar-refractivity contribution in [3.05, 3.63) is 45.5 Å². The van der Waals surface area contributed by atoms with Crippen LogP contribution in [0.15, 0.2) is 36.4 Å². The Balaban J connectivity index is 2.03. The number of hydrogen-bond acceptors (Lipinski definition) is 2. The van der Waals surface area contributed by atoms with E-state index in [0.717, 1.165) is 21.4 Å². The molecule has 19 heavy (non-hydrogen) atoms. The van der Waals surface area contributed by atoms with E-state index >= 15 is 0 Å². The minimum absolute atomic E-state index is 0.184. The number of fused-ring (bicyclic) bond motifs is 2. The summed E-state index contributed by atoms with van der Waals surface area (Å²) >= 11 is 2.16. The maximum absolute atomic E-state index is 12.6. The van der Waals surface area contributed by atoms with Gasteiger partial charge >= 0.3 is 6.18 Å². The molecule has 2 aromatic rings. The number of alkyl halides is 3. The Bertz CT molecular complexity index is 655. The zero-order valence-corrected chi connectivity index (χ0v) is 11.5. The van der Waals surface area contributed by atoms with Gasteiger partial charge in [-0.1, -0.05) is 0 Å². The van der Waals surface area contributed by atoms with Crippen molar-refractivity contribution in [2.45, 2.75) is 6.18 Å². The van der Waals surface area contributed by atoms with Crippen LogP contribution in [0.1, 0.15) is 5.56 Å². The molecule has 0 fully saturated rings. The molecule has 1 N–H and O–H groups in total. The van der Waals surface area contributed by atoms with Crippen LogP contribution in [-0.4, -0.2) is 0 Å². The fraction of sp³-hybridized carbons (Fsp3) is 0.0769. The van der Waals surface area contributed by atoms with Gasteiger partial charge in [-0.15, -0.1) is 0 Å². The Morgan fingerprint density at radius 1 is 0.947 bits per heavy atom. The van der Waals surface area contributed by atoms with E-state index in [1.807, 2.05) is 12.1 Å². The molecule has 0 aliphatic carbocycles. The van der Waals surface area contributed by atoms with Crippen LogP contribution in [-0.2, 0) is 6.18 Å². The molecule has 0 spiro atoms. The van der Waals surface area contributed by atoms with Crippen LogP contribution < -0.4 is 10.1 Å². The van der Waals surface area contributed by atoms with Crippen molar-refractivity contribution in [3.63, 3.8) is 0 Å². The van der Waals surface area contributed by atoms with Crippen LogP contribution in [0, 0.1) is 3.57 Å². The molecule has 0 unspecified atom stereocenters. The molecular formula is C13H7F3INO. The summed E-state index contributed by atoms with van der Waals surface area (Å²) in [4.78, 5) is 0. The summed E-state index contributed by atoms with van der Waals surface area (Å²) < 4.78 is 44.4. The normalized spacial score (nSPS) is 13.1. The van der Waals surface area contributed by atoms with E-state index in [1.54, 1.807) is 6.07 Å². The zero-order valence-electron chi connectivity index (χ0n) is 9.38. The van der Waals surface area contributed by atoms with Gasteiger partial charge in [0.1, 0.15) is 0 Å². The molecule has 0 atom stereocenters. The van der Waals surface area contributed by atoms with Crippen molar-refractivity contribution in [2.75, 3.05) is 5.32 Å². The smallest absolute Gasteiger partial charge is 0.416 e. The summed E-state index contributed by atoms with van der Waals surface area (Å²) in [5.74, 6) is 0.704. The molecule has 98 valence electrons. The summed E-state index contributed by atoms with van der Waals surface area (Å²) in [6.07, 6.45) is -4.37. The van der Waals surface area contributed by atoms with Gasteiger partial charge in [-0.25, -0.2) is 0 Å². The number of nitrogens with one attached hydrogen (secondary N) is 1. The topological polar surface area (TPSA) is 21.3 Å². The zero-order chi connectivity index (χ0) is 13.6.